The first-order chi connectivity index (χ1) is 17.0. The standard InChI is InChI=1S/C25H25ClN4O5/c1-33-24-20(23(31)28-12-15-2-4-17(26)5-3-15)11-21(22(29-24)16-6-8-27-13-16)35-19-7-9-30-18(10-19)14-34-25(30)32/h2-6,8,11,13,18-19,27H,7,9-10,12,14H2,1H3,(H,28,31)/t18-,19-/m0/s1. The summed E-state index contributed by atoms with van der Waals surface area (Å²) in [5.74, 6) is 0.344. The van der Waals surface area contributed by atoms with Crippen molar-refractivity contribution < 1.29 is 23.8 Å². The Morgan fingerprint density at radius 3 is 2.89 bits per heavy atom. The van der Waals surface area contributed by atoms with Crippen LogP contribution in [0.3, 0.4) is 0 Å². The number of methoxy groups -OCH3 is 1. The van der Waals surface area contributed by atoms with Crippen LogP contribution in [-0.4, -0.2) is 59.3 Å². The van der Waals surface area contributed by atoms with Gasteiger partial charge in [0.05, 0.1) is 13.2 Å². The van der Waals surface area contributed by atoms with Gasteiger partial charge in [-0.15, -0.1) is 0 Å². The quantitative estimate of drug-likeness (QED) is 0.511. The van der Waals surface area contributed by atoms with Gasteiger partial charge in [-0.3, -0.25) is 4.79 Å². The summed E-state index contributed by atoms with van der Waals surface area (Å²) in [6, 6.07) is 10.8. The van der Waals surface area contributed by atoms with E-state index < -0.39 is 0 Å². The minimum atomic E-state index is -0.334. The molecule has 0 unspecified atom stereocenters. The van der Waals surface area contributed by atoms with Gasteiger partial charge in [-0.1, -0.05) is 23.7 Å². The van der Waals surface area contributed by atoms with E-state index in [4.69, 9.17) is 25.8 Å². The molecule has 5 rings (SSSR count). The van der Waals surface area contributed by atoms with Gasteiger partial charge in [0.15, 0.2) is 0 Å². The Hall–Kier alpha value is -3.72. The van der Waals surface area contributed by atoms with Crippen molar-refractivity contribution in [3.8, 4) is 22.9 Å². The second kappa shape index (κ2) is 9.87. The highest BCUT2D eigenvalue weighted by Crippen LogP contribution is 2.36. The van der Waals surface area contributed by atoms with Crippen molar-refractivity contribution >= 4 is 23.6 Å². The summed E-state index contributed by atoms with van der Waals surface area (Å²) in [6.45, 7) is 1.25. The van der Waals surface area contributed by atoms with E-state index in [2.05, 4.69) is 15.3 Å². The lowest BCUT2D eigenvalue weighted by molar-refractivity contribution is 0.0913. The minimum absolute atomic E-state index is 0.00897. The molecule has 35 heavy (non-hydrogen) atoms. The van der Waals surface area contributed by atoms with Gasteiger partial charge in [-0.25, -0.2) is 9.78 Å². The lowest BCUT2D eigenvalue weighted by atomic mass is 10.0. The maximum Gasteiger partial charge on any atom is 0.410 e. The molecular formula is C25H25ClN4O5. The van der Waals surface area contributed by atoms with Crippen LogP contribution < -0.4 is 14.8 Å². The van der Waals surface area contributed by atoms with Gasteiger partial charge < -0.3 is 29.4 Å². The summed E-state index contributed by atoms with van der Waals surface area (Å²) in [5.41, 5.74) is 2.56. The molecule has 4 heterocycles. The summed E-state index contributed by atoms with van der Waals surface area (Å²) in [7, 11) is 1.48. The molecule has 9 nitrogen and oxygen atoms in total. The molecule has 2 saturated heterocycles. The molecular weight excluding hydrogens is 472 g/mol. The van der Waals surface area contributed by atoms with Crippen LogP contribution in [0.2, 0.25) is 5.02 Å². The number of pyridine rings is 1. The van der Waals surface area contributed by atoms with Gasteiger partial charge in [-0.05, 0) is 23.8 Å². The number of aromatic amines is 1. The van der Waals surface area contributed by atoms with Gasteiger partial charge in [0.1, 0.15) is 29.7 Å². The molecule has 0 aliphatic carbocycles. The van der Waals surface area contributed by atoms with Crippen molar-refractivity contribution in [2.45, 2.75) is 31.5 Å². The summed E-state index contributed by atoms with van der Waals surface area (Å²) in [5, 5.41) is 3.54. The van der Waals surface area contributed by atoms with E-state index in [-0.39, 0.29) is 35.6 Å². The van der Waals surface area contributed by atoms with Crippen molar-refractivity contribution in [3.05, 3.63) is 64.9 Å². The van der Waals surface area contributed by atoms with Crippen LogP contribution in [0.25, 0.3) is 11.3 Å². The monoisotopic (exact) mass is 496 g/mol. The molecule has 10 heteroatoms. The molecule has 182 valence electrons. The number of halogens is 1. The average molecular weight is 497 g/mol. The fraction of sp³-hybridized carbons (Fsp3) is 0.320. The molecule has 2 aliphatic heterocycles. The van der Waals surface area contributed by atoms with E-state index >= 15 is 0 Å². The molecule has 2 atom stereocenters. The van der Waals surface area contributed by atoms with Crippen molar-refractivity contribution in [2.24, 2.45) is 0 Å². The topological polar surface area (TPSA) is 106 Å². The predicted molar refractivity (Wildman–Crippen MR) is 129 cm³/mol. The maximum absolute atomic E-state index is 13.1. The zero-order valence-corrected chi connectivity index (χ0v) is 19.9. The van der Waals surface area contributed by atoms with Gasteiger partial charge in [0, 0.05) is 55.0 Å². The van der Waals surface area contributed by atoms with Crippen LogP contribution >= 0.6 is 11.6 Å². The largest absolute Gasteiger partial charge is 0.488 e. The molecule has 1 aromatic carbocycles. The Kier molecular flexibility index (Phi) is 6.50. The second-order valence-corrected chi connectivity index (χ2v) is 8.93. The molecule has 0 radical (unpaired) electrons. The lowest BCUT2D eigenvalue weighted by Crippen LogP contribution is -2.44. The molecule has 0 saturated carbocycles. The Balaban J connectivity index is 1.40. The summed E-state index contributed by atoms with van der Waals surface area (Å²) >= 11 is 5.95. The normalized spacial score (nSPS) is 19.1. The summed E-state index contributed by atoms with van der Waals surface area (Å²) in [6.07, 6.45) is 4.47. The number of nitrogens with one attached hydrogen (secondary N) is 2. The van der Waals surface area contributed by atoms with Crippen molar-refractivity contribution in [1.29, 1.82) is 0 Å². The number of nitrogens with zero attached hydrogens (tertiary/aromatic N) is 2. The number of cyclic esters (lactones) is 1. The zero-order valence-electron chi connectivity index (χ0n) is 19.1. The van der Waals surface area contributed by atoms with E-state index in [1.807, 2.05) is 18.2 Å². The van der Waals surface area contributed by atoms with Crippen LogP contribution in [0.4, 0.5) is 4.79 Å². The number of aromatic nitrogens is 2. The smallest absolute Gasteiger partial charge is 0.410 e. The summed E-state index contributed by atoms with van der Waals surface area (Å²) in [4.78, 5) is 34.4. The molecule has 2 N–H and O–H groups in total. The fourth-order valence-electron chi connectivity index (χ4n) is 4.39. The first kappa shape index (κ1) is 23.0. The number of fused-ring (bicyclic) bond motifs is 1. The van der Waals surface area contributed by atoms with Gasteiger partial charge in [-0.2, -0.15) is 0 Å². The predicted octanol–water partition coefficient (Wildman–Crippen LogP) is 4.03. The maximum atomic E-state index is 13.1. The highest BCUT2D eigenvalue weighted by Gasteiger charge is 2.39. The third-order valence-electron chi connectivity index (χ3n) is 6.22. The number of hydrogen-bond donors (Lipinski definition) is 2. The SMILES string of the molecule is COc1nc(-c2cc[nH]c2)c(O[C@H]2CCN3C(=O)OC[C@@H]3C2)cc1C(=O)NCc1ccc(Cl)cc1. The van der Waals surface area contributed by atoms with Crippen molar-refractivity contribution in [1.82, 2.24) is 20.2 Å². The Morgan fingerprint density at radius 2 is 2.14 bits per heavy atom. The molecule has 0 spiro atoms. The van der Waals surface area contributed by atoms with Crippen molar-refractivity contribution in [2.75, 3.05) is 20.3 Å². The van der Waals surface area contributed by atoms with E-state index in [1.54, 1.807) is 35.5 Å². The third kappa shape index (κ3) is 4.90. The minimum Gasteiger partial charge on any atom is -0.488 e. The van der Waals surface area contributed by atoms with E-state index in [9.17, 15) is 9.59 Å². The van der Waals surface area contributed by atoms with Crippen LogP contribution in [-0.2, 0) is 11.3 Å². The number of H-pyrrole nitrogens is 1. The number of benzene rings is 1. The highest BCUT2D eigenvalue weighted by molar-refractivity contribution is 6.30. The molecule has 2 aliphatic rings. The van der Waals surface area contributed by atoms with Gasteiger partial charge in [0.25, 0.3) is 5.91 Å². The Labute approximate surface area is 207 Å². The van der Waals surface area contributed by atoms with Crippen LogP contribution in [0, 0.1) is 0 Å². The number of carbonyl (C=O) groups is 2. The molecule has 2 fully saturated rings. The van der Waals surface area contributed by atoms with Crippen LogP contribution in [0.5, 0.6) is 11.6 Å². The number of amides is 2. The number of piperidine rings is 1. The molecule has 0 bridgehead atoms. The van der Waals surface area contributed by atoms with Gasteiger partial charge >= 0.3 is 6.09 Å². The molecule has 2 amide bonds. The van der Waals surface area contributed by atoms with E-state index in [0.29, 0.717) is 49.0 Å². The number of rotatable bonds is 7. The fourth-order valence-corrected chi connectivity index (χ4v) is 4.52. The highest BCUT2D eigenvalue weighted by atomic mass is 35.5. The van der Waals surface area contributed by atoms with Gasteiger partial charge in [0.2, 0.25) is 5.88 Å². The third-order valence-corrected chi connectivity index (χ3v) is 6.48. The lowest BCUT2D eigenvalue weighted by Gasteiger charge is -2.32. The number of ether oxygens (including phenoxy) is 3. The Bertz CT molecular complexity index is 1220. The zero-order chi connectivity index (χ0) is 24.4. The van der Waals surface area contributed by atoms with E-state index in [0.717, 1.165) is 11.1 Å². The van der Waals surface area contributed by atoms with Crippen molar-refractivity contribution in [3.63, 3.8) is 0 Å². The molecule has 3 aromatic rings. The first-order valence-electron chi connectivity index (χ1n) is 11.4. The number of carbonyl (C=O) groups excluding carboxylic acids is 2. The molecule has 2 aromatic heterocycles. The first-order valence-corrected chi connectivity index (χ1v) is 11.7. The number of hydrogen-bond acceptors (Lipinski definition) is 6. The van der Waals surface area contributed by atoms with Crippen LogP contribution in [0.15, 0.2) is 48.8 Å². The van der Waals surface area contributed by atoms with Crippen LogP contribution in [0.1, 0.15) is 28.8 Å². The Morgan fingerprint density at radius 1 is 1.31 bits per heavy atom. The average Bonchev–Trinajstić information content (AvgIpc) is 3.53. The van der Waals surface area contributed by atoms with E-state index in [1.165, 1.54) is 7.11 Å². The summed E-state index contributed by atoms with van der Waals surface area (Å²) < 4.78 is 17.0. The second-order valence-electron chi connectivity index (χ2n) is 8.49.